The molecule has 1 heterocycles. The van der Waals surface area contributed by atoms with Crippen LogP contribution >= 0.6 is 11.8 Å². The largest absolute Gasteiger partial charge is 0.496 e. The van der Waals surface area contributed by atoms with E-state index >= 15 is 0 Å². The molecule has 1 atom stereocenters. The molecule has 0 spiro atoms. The van der Waals surface area contributed by atoms with Crippen LogP contribution in [0.25, 0.3) is 0 Å². The molecule has 28 heavy (non-hydrogen) atoms. The van der Waals surface area contributed by atoms with Crippen molar-refractivity contribution in [2.24, 2.45) is 0 Å². The Morgan fingerprint density at radius 2 is 2.11 bits per heavy atom. The van der Waals surface area contributed by atoms with E-state index in [9.17, 15) is 4.79 Å². The normalized spacial score (nSPS) is 18.7. The SMILES string of the molecule is COc1cccc2c1CCCC2CN(C)CCc1ccc2c(c1)C(=O)CCS2. The standard InChI is InChI=1S/C24H29NO2S/c1-25(13-11-17-9-10-24-21(15-17)22(26)12-14-28-24)16-18-5-3-7-20-19(18)6-4-8-23(20)27-2/h4,6,8-10,15,18H,3,5,7,11-14,16H2,1-2H3. The monoisotopic (exact) mass is 395 g/mol. The van der Waals surface area contributed by atoms with E-state index in [1.807, 2.05) is 0 Å². The highest BCUT2D eigenvalue weighted by Crippen LogP contribution is 2.37. The molecule has 1 unspecified atom stereocenters. The summed E-state index contributed by atoms with van der Waals surface area (Å²) < 4.78 is 5.58. The van der Waals surface area contributed by atoms with Gasteiger partial charge < -0.3 is 9.64 Å². The highest BCUT2D eigenvalue weighted by molar-refractivity contribution is 7.99. The molecule has 4 heteroatoms. The van der Waals surface area contributed by atoms with Gasteiger partial charge in [-0.15, -0.1) is 11.8 Å². The average Bonchev–Trinajstić information content (AvgIpc) is 2.72. The van der Waals surface area contributed by atoms with Crippen LogP contribution in [-0.2, 0) is 12.8 Å². The van der Waals surface area contributed by atoms with Crippen LogP contribution in [0.4, 0.5) is 0 Å². The molecule has 0 N–H and O–H groups in total. The third-order valence-electron chi connectivity index (χ3n) is 6.05. The van der Waals surface area contributed by atoms with Gasteiger partial charge >= 0.3 is 0 Å². The van der Waals surface area contributed by atoms with E-state index in [2.05, 4.69) is 48.3 Å². The summed E-state index contributed by atoms with van der Waals surface area (Å²) in [7, 11) is 3.99. The van der Waals surface area contributed by atoms with Crippen molar-refractivity contribution in [2.45, 2.75) is 42.9 Å². The number of benzene rings is 2. The Hall–Kier alpha value is -1.78. The number of hydrogen-bond donors (Lipinski definition) is 0. The lowest BCUT2D eigenvalue weighted by Crippen LogP contribution is -2.28. The number of Topliss-reactive ketones (excluding diaryl/α,β-unsaturated/α-hetero) is 1. The predicted molar refractivity (Wildman–Crippen MR) is 116 cm³/mol. The molecule has 2 aliphatic rings. The van der Waals surface area contributed by atoms with Crippen molar-refractivity contribution in [1.82, 2.24) is 4.90 Å². The first kappa shape index (κ1) is 19.5. The van der Waals surface area contributed by atoms with E-state index in [1.165, 1.54) is 29.5 Å². The maximum absolute atomic E-state index is 12.2. The second kappa shape index (κ2) is 8.71. The topological polar surface area (TPSA) is 29.5 Å². The van der Waals surface area contributed by atoms with Crippen molar-refractivity contribution in [3.63, 3.8) is 0 Å². The molecule has 2 aromatic rings. The summed E-state index contributed by atoms with van der Waals surface area (Å²) in [5, 5.41) is 0. The number of hydrogen-bond acceptors (Lipinski definition) is 4. The quantitative estimate of drug-likeness (QED) is 0.691. The molecule has 148 valence electrons. The number of nitrogens with zero attached hydrogens (tertiary/aromatic N) is 1. The molecule has 0 bridgehead atoms. The molecule has 4 rings (SSSR count). The molecular weight excluding hydrogens is 366 g/mol. The number of ketones is 1. The fourth-order valence-electron chi connectivity index (χ4n) is 4.55. The van der Waals surface area contributed by atoms with Crippen LogP contribution in [-0.4, -0.2) is 43.7 Å². The van der Waals surface area contributed by atoms with Gasteiger partial charge in [-0.25, -0.2) is 0 Å². The van der Waals surface area contributed by atoms with Crippen molar-refractivity contribution in [3.05, 3.63) is 58.7 Å². The summed E-state index contributed by atoms with van der Waals surface area (Å²) in [5.41, 5.74) is 5.08. The van der Waals surface area contributed by atoms with Crippen LogP contribution in [0.1, 0.15) is 52.2 Å². The molecule has 1 aliphatic heterocycles. The number of rotatable bonds is 6. The van der Waals surface area contributed by atoms with Crippen molar-refractivity contribution >= 4 is 17.5 Å². The lowest BCUT2D eigenvalue weighted by molar-refractivity contribution is 0.0984. The Labute approximate surface area is 172 Å². The van der Waals surface area contributed by atoms with Gasteiger partial charge in [-0.3, -0.25) is 4.79 Å². The van der Waals surface area contributed by atoms with Gasteiger partial charge in [0.15, 0.2) is 5.78 Å². The first-order valence-electron chi connectivity index (χ1n) is 10.3. The van der Waals surface area contributed by atoms with Crippen LogP contribution in [0, 0.1) is 0 Å². The summed E-state index contributed by atoms with van der Waals surface area (Å²) >= 11 is 1.80. The van der Waals surface area contributed by atoms with E-state index < -0.39 is 0 Å². The zero-order chi connectivity index (χ0) is 19.5. The summed E-state index contributed by atoms with van der Waals surface area (Å²) in [6, 6.07) is 12.9. The van der Waals surface area contributed by atoms with Gasteiger partial charge in [0.1, 0.15) is 5.75 Å². The minimum absolute atomic E-state index is 0.303. The highest BCUT2D eigenvalue weighted by atomic mass is 32.2. The summed E-state index contributed by atoms with van der Waals surface area (Å²) in [4.78, 5) is 15.8. The Bertz CT molecular complexity index is 864. The molecular formula is C24H29NO2S. The smallest absolute Gasteiger partial charge is 0.164 e. The van der Waals surface area contributed by atoms with Gasteiger partial charge in [-0.1, -0.05) is 18.2 Å². The maximum Gasteiger partial charge on any atom is 0.164 e. The summed E-state index contributed by atoms with van der Waals surface area (Å²) in [6.07, 6.45) is 5.26. The molecule has 2 aromatic carbocycles. The molecule has 0 fully saturated rings. The van der Waals surface area contributed by atoms with E-state index in [1.54, 1.807) is 18.9 Å². The number of ether oxygens (including phenoxy) is 1. The minimum Gasteiger partial charge on any atom is -0.496 e. The maximum atomic E-state index is 12.2. The van der Waals surface area contributed by atoms with E-state index in [0.29, 0.717) is 18.1 Å². The van der Waals surface area contributed by atoms with Gasteiger partial charge in [0.2, 0.25) is 0 Å². The second-order valence-corrected chi connectivity index (χ2v) is 9.12. The molecule has 0 amide bonds. The fraction of sp³-hybridized carbons (Fsp3) is 0.458. The van der Waals surface area contributed by atoms with Crippen LogP contribution < -0.4 is 4.74 Å². The molecule has 3 nitrogen and oxygen atoms in total. The number of carbonyl (C=O) groups excluding carboxylic acids is 1. The van der Waals surface area contributed by atoms with Gasteiger partial charge in [-0.2, -0.15) is 0 Å². The molecule has 0 saturated carbocycles. The van der Waals surface area contributed by atoms with Crippen molar-refractivity contribution < 1.29 is 9.53 Å². The number of carbonyl (C=O) groups is 1. The average molecular weight is 396 g/mol. The van der Waals surface area contributed by atoms with Gasteiger partial charge in [0.05, 0.1) is 7.11 Å². The number of fused-ring (bicyclic) bond motifs is 2. The van der Waals surface area contributed by atoms with Crippen LogP contribution in [0.3, 0.4) is 0 Å². The Balaban J connectivity index is 1.39. The van der Waals surface area contributed by atoms with Gasteiger partial charge in [-0.05, 0) is 73.5 Å². The number of thioether (sulfide) groups is 1. The van der Waals surface area contributed by atoms with E-state index in [0.717, 1.165) is 47.9 Å². The fourth-order valence-corrected chi connectivity index (χ4v) is 5.55. The van der Waals surface area contributed by atoms with Gasteiger partial charge in [0.25, 0.3) is 0 Å². The molecule has 1 aliphatic carbocycles. The summed E-state index contributed by atoms with van der Waals surface area (Å²) in [5.74, 6) is 2.84. The second-order valence-electron chi connectivity index (χ2n) is 7.98. The van der Waals surface area contributed by atoms with Crippen LogP contribution in [0.5, 0.6) is 5.75 Å². The molecule has 0 aromatic heterocycles. The van der Waals surface area contributed by atoms with E-state index in [-0.39, 0.29) is 0 Å². The Kier molecular flexibility index (Phi) is 6.07. The van der Waals surface area contributed by atoms with Crippen LogP contribution in [0.15, 0.2) is 41.3 Å². The third-order valence-corrected chi connectivity index (χ3v) is 7.13. The number of methoxy groups -OCH3 is 1. The van der Waals surface area contributed by atoms with Gasteiger partial charge in [0, 0.05) is 35.7 Å². The Morgan fingerprint density at radius 1 is 1.21 bits per heavy atom. The lowest BCUT2D eigenvalue weighted by atomic mass is 9.82. The third kappa shape index (κ3) is 4.13. The lowest BCUT2D eigenvalue weighted by Gasteiger charge is -2.30. The summed E-state index contributed by atoms with van der Waals surface area (Å²) in [6.45, 7) is 2.08. The zero-order valence-corrected chi connectivity index (χ0v) is 17.7. The molecule has 0 radical (unpaired) electrons. The van der Waals surface area contributed by atoms with Crippen molar-refractivity contribution in [3.8, 4) is 5.75 Å². The van der Waals surface area contributed by atoms with E-state index in [4.69, 9.17) is 4.74 Å². The first-order valence-corrected chi connectivity index (χ1v) is 11.3. The van der Waals surface area contributed by atoms with Crippen molar-refractivity contribution in [1.29, 1.82) is 0 Å². The Morgan fingerprint density at radius 3 is 2.96 bits per heavy atom. The minimum atomic E-state index is 0.303. The van der Waals surface area contributed by atoms with Crippen molar-refractivity contribution in [2.75, 3.05) is 33.0 Å². The first-order chi connectivity index (χ1) is 13.7. The number of likely N-dealkylation sites (N-methyl/N-ethyl adjacent to an activating group) is 1. The highest BCUT2D eigenvalue weighted by Gasteiger charge is 2.24. The zero-order valence-electron chi connectivity index (χ0n) is 16.9. The molecule has 0 saturated heterocycles. The predicted octanol–water partition coefficient (Wildman–Crippen LogP) is 4.97. The van der Waals surface area contributed by atoms with Crippen LogP contribution in [0.2, 0.25) is 0 Å².